The lowest BCUT2D eigenvalue weighted by molar-refractivity contribution is 0.102. The van der Waals surface area contributed by atoms with E-state index in [-0.39, 0.29) is 11.3 Å². The Bertz CT molecular complexity index is 609. The average molecular weight is 267 g/mol. The molecule has 0 saturated carbocycles. The lowest BCUT2D eigenvalue weighted by atomic mass is 9.83. The number of benzene rings is 2. The van der Waals surface area contributed by atoms with Crippen LogP contribution < -0.4 is 5.32 Å². The maximum absolute atomic E-state index is 12.2. The highest BCUT2D eigenvalue weighted by atomic mass is 16.1. The molecule has 0 aliphatic heterocycles. The first-order valence-corrected chi connectivity index (χ1v) is 6.85. The van der Waals surface area contributed by atoms with Crippen LogP contribution in [0.4, 0.5) is 5.69 Å². The summed E-state index contributed by atoms with van der Waals surface area (Å²) in [6.45, 7) is 8.59. The van der Waals surface area contributed by atoms with Crippen molar-refractivity contribution in [3.63, 3.8) is 0 Å². The lowest BCUT2D eigenvalue weighted by Gasteiger charge is -2.22. The number of rotatable bonds is 2. The van der Waals surface area contributed by atoms with E-state index in [1.807, 2.05) is 42.5 Å². The fourth-order valence-corrected chi connectivity index (χ4v) is 2.37. The number of aryl methyl sites for hydroxylation is 1. The van der Waals surface area contributed by atoms with E-state index in [9.17, 15) is 4.79 Å². The van der Waals surface area contributed by atoms with Crippen LogP contribution in [0.2, 0.25) is 0 Å². The van der Waals surface area contributed by atoms with Crippen molar-refractivity contribution >= 4 is 11.6 Å². The molecule has 1 amide bonds. The number of hydrogen-bond acceptors (Lipinski definition) is 1. The monoisotopic (exact) mass is 267 g/mol. The third-order valence-electron chi connectivity index (χ3n) is 3.33. The van der Waals surface area contributed by atoms with Gasteiger partial charge in [-0.05, 0) is 47.7 Å². The number of carbonyl (C=O) groups is 1. The Labute approximate surface area is 120 Å². The number of anilines is 1. The molecule has 0 aliphatic carbocycles. The molecular weight excluding hydrogens is 246 g/mol. The first-order valence-electron chi connectivity index (χ1n) is 6.85. The van der Waals surface area contributed by atoms with Gasteiger partial charge in [-0.15, -0.1) is 0 Å². The minimum Gasteiger partial charge on any atom is -0.322 e. The summed E-state index contributed by atoms with van der Waals surface area (Å²) in [4.78, 5) is 12.2. The highest BCUT2D eigenvalue weighted by Crippen LogP contribution is 2.26. The number of nitrogens with one attached hydrogen (secondary N) is 1. The van der Waals surface area contributed by atoms with Crippen molar-refractivity contribution in [3.8, 4) is 0 Å². The summed E-state index contributed by atoms with van der Waals surface area (Å²) in [5.74, 6) is -0.0697. The van der Waals surface area contributed by atoms with Crippen molar-refractivity contribution in [3.05, 3.63) is 65.2 Å². The zero-order chi connectivity index (χ0) is 14.8. The van der Waals surface area contributed by atoms with Gasteiger partial charge < -0.3 is 5.32 Å². The molecule has 0 bridgehead atoms. The van der Waals surface area contributed by atoms with Gasteiger partial charge in [0.25, 0.3) is 5.91 Å². The second kappa shape index (κ2) is 5.49. The van der Waals surface area contributed by atoms with E-state index in [1.165, 1.54) is 5.56 Å². The van der Waals surface area contributed by atoms with E-state index in [0.29, 0.717) is 5.56 Å². The van der Waals surface area contributed by atoms with E-state index in [2.05, 4.69) is 39.1 Å². The Kier molecular flexibility index (Phi) is 3.93. The van der Waals surface area contributed by atoms with Crippen molar-refractivity contribution in [2.45, 2.75) is 33.1 Å². The summed E-state index contributed by atoms with van der Waals surface area (Å²) in [7, 11) is 0. The molecule has 0 heterocycles. The topological polar surface area (TPSA) is 29.1 Å². The summed E-state index contributed by atoms with van der Waals surface area (Å²) >= 11 is 0. The minimum absolute atomic E-state index is 0.0697. The van der Waals surface area contributed by atoms with E-state index in [1.54, 1.807) is 0 Å². The van der Waals surface area contributed by atoms with Gasteiger partial charge in [0.15, 0.2) is 0 Å². The van der Waals surface area contributed by atoms with Crippen LogP contribution in [0.15, 0.2) is 48.5 Å². The van der Waals surface area contributed by atoms with Gasteiger partial charge in [-0.1, -0.05) is 45.0 Å². The van der Waals surface area contributed by atoms with Crippen LogP contribution in [0.5, 0.6) is 0 Å². The molecule has 2 heteroatoms. The molecule has 0 spiro atoms. The number of hydrogen-bond donors (Lipinski definition) is 1. The van der Waals surface area contributed by atoms with Gasteiger partial charge in [0.2, 0.25) is 0 Å². The highest BCUT2D eigenvalue weighted by Gasteiger charge is 2.17. The number of amides is 1. The fourth-order valence-electron chi connectivity index (χ4n) is 2.37. The zero-order valence-corrected chi connectivity index (χ0v) is 12.5. The van der Waals surface area contributed by atoms with Crippen LogP contribution in [0.3, 0.4) is 0 Å². The van der Waals surface area contributed by atoms with Gasteiger partial charge in [-0.25, -0.2) is 0 Å². The van der Waals surface area contributed by atoms with Gasteiger partial charge in [-0.2, -0.15) is 0 Å². The first-order chi connectivity index (χ1) is 9.38. The minimum atomic E-state index is -0.0697. The quantitative estimate of drug-likeness (QED) is 0.850. The summed E-state index contributed by atoms with van der Waals surface area (Å²) < 4.78 is 0. The van der Waals surface area contributed by atoms with Crippen molar-refractivity contribution in [2.75, 3.05) is 5.32 Å². The van der Waals surface area contributed by atoms with Crippen LogP contribution in [0.1, 0.15) is 42.3 Å². The molecule has 0 aliphatic rings. The molecule has 104 valence electrons. The van der Waals surface area contributed by atoms with E-state index in [4.69, 9.17) is 0 Å². The highest BCUT2D eigenvalue weighted by molar-refractivity contribution is 6.04. The first kappa shape index (κ1) is 14.3. The summed E-state index contributed by atoms with van der Waals surface area (Å²) in [6.07, 6.45) is 0. The molecule has 0 fully saturated rings. The van der Waals surface area contributed by atoms with Crippen LogP contribution in [-0.2, 0) is 5.41 Å². The van der Waals surface area contributed by atoms with Gasteiger partial charge in [0, 0.05) is 11.3 Å². The van der Waals surface area contributed by atoms with Crippen LogP contribution >= 0.6 is 0 Å². The van der Waals surface area contributed by atoms with Crippen molar-refractivity contribution in [1.82, 2.24) is 0 Å². The molecule has 0 radical (unpaired) electrons. The standard InChI is InChI=1S/C18H21NO/c1-13-12-14(10-11-16(13)18(2,3)4)17(20)19-15-8-6-5-7-9-15/h5-12H,1-4H3,(H,19,20). The normalized spacial score (nSPS) is 11.2. The SMILES string of the molecule is Cc1cc(C(=O)Nc2ccccc2)ccc1C(C)(C)C. The predicted octanol–water partition coefficient (Wildman–Crippen LogP) is 4.54. The molecule has 2 aromatic rings. The maximum atomic E-state index is 12.2. The Balaban J connectivity index is 2.22. The van der Waals surface area contributed by atoms with Crippen molar-refractivity contribution < 1.29 is 4.79 Å². The van der Waals surface area contributed by atoms with E-state index >= 15 is 0 Å². The Morgan fingerprint density at radius 2 is 1.65 bits per heavy atom. The second-order valence-corrected chi connectivity index (χ2v) is 6.10. The Morgan fingerprint density at radius 1 is 1.00 bits per heavy atom. The molecule has 2 aromatic carbocycles. The van der Waals surface area contributed by atoms with Crippen molar-refractivity contribution in [2.24, 2.45) is 0 Å². The van der Waals surface area contributed by atoms with Gasteiger partial charge >= 0.3 is 0 Å². The molecule has 2 nitrogen and oxygen atoms in total. The average Bonchev–Trinajstić information content (AvgIpc) is 2.38. The molecule has 0 aromatic heterocycles. The summed E-state index contributed by atoms with van der Waals surface area (Å²) in [5, 5.41) is 2.90. The van der Waals surface area contributed by atoms with E-state index < -0.39 is 0 Å². The third kappa shape index (κ3) is 3.27. The third-order valence-corrected chi connectivity index (χ3v) is 3.33. The molecule has 0 unspecified atom stereocenters. The van der Waals surface area contributed by atoms with E-state index in [0.717, 1.165) is 11.3 Å². The van der Waals surface area contributed by atoms with Gasteiger partial charge in [0.1, 0.15) is 0 Å². The predicted molar refractivity (Wildman–Crippen MR) is 84.3 cm³/mol. The van der Waals surface area contributed by atoms with Crippen LogP contribution in [0, 0.1) is 6.92 Å². The second-order valence-electron chi connectivity index (χ2n) is 6.10. The Morgan fingerprint density at radius 3 is 2.20 bits per heavy atom. The maximum Gasteiger partial charge on any atom is 0.255 e. The zero-order valence-electron chi connectivity index (χ0n) is 12.5. The smallest absolute Gasteiger partial charge is 0.255 e. The van der Waals surface area contributed by atoms with Crippen molar-refractivity contribution in [1.29, 1.82) is 0 Å². The molecule has 20 heavy (non-hydrogen) atoms. The molecule has 0 saturated heterocycles. The molecule has 1 N–H and O–H groups in total. The molecule has 0 atom stereocenters. The molecule has 2 rings (SSSR count). The molecular formula is C18H21NO. The van der Waals surface area contributed by atoms with Crippen LogP contribution in [0.25, 0.3) is 0 Å². The lowest BCUT2D eigenvalue weighted by Crippen LogP contribution is -2.16. The van der Waals surface area contributed by atoms with Crippen LogP contribution in [-0.4, -0.2) is 5.91 Å². The Hall–Kier alpha value is -2.09. The largest absolute Gasteiger partial charge is 0.322 e. The number of para-hydroxylation sites is 1. The summed E-state index contributed by atoms with van der Waals surface area (Å²) in [5.41, 5.74) is 4.03. The van der Waals surface area contributed by atoms with Gasteiger partial charge in [0.05, 0.1) is 0 Å². The van der Waals surface area contributed by atoms with Gasteiger partial charge in [-0.3, -0.25) is 4.79 Å². The number of carbonyl (C=O) groups excluding carboxylic acids is 1. The fraction of sp³-hybridized carbons (Fsp3) is 0.278. The summed E-state index contributed by atoms with van der Waals surface area (Å²) in [6, 6.07) is 15.4.